The molecule has 0 saturated heterocycles. The second-order valence-electron chi connectivity index (χ2n) is 4.32. The third-order valence-corrected chi connectivity index (χ3v) is 2.71. The number of anilines is 1. The standard InChI is InChI=1S/C11H14N6O/c1-17-6-8(5-13-17)18-10-4-9(16-12)14-11(15-10)7-2-3-7/h4-7H,2-3,12H2,1H3,(H,14,15,16). The molecule has 0 aliphatic heterocycles. The average Bonchev–Trinajstić information content (AvgIpc) is 3.14. The van der Waals surface area contributed by atoms with Gasteiger partial charge in [-0.25, -0.2) is 10.8 Å². The lowest BCUT2D eigenvalue weighted by molar-refractivity contribution is 0.458. The fraction of sp³-hybridized carbons (Fsp3) is 0.364. The summed E-state index contributed by atoms with van der Waals surface area (Å²) in [5, 5.41) is 4.03. The number of nitrogens with two attached hydrogens (primary N) is 1. The first kappa shape index (κ1) is 11.0. The van der Waals surface area contributed by atoms with Crippen LogP contribution in [0.4, 0.5) is 5.82 Å². The van der Waals surface area contributed by atoms with Gasteiger partial charge in [-0.05, 0) is 12.8 Å². The molecule has 7 heteroatoms. The number of rotatable bonds is 4. The highest BCUT2D eigenvalue weighted by Gasteiger charge is 2.27. The molecule has 1 fully saturated rings. The van der Waals surface area contributed by atoms with Crippen molar-refractivity contribution in [2.75, 3.05) is 5.43 Å². The van der Waals surface area contributed by atoms with Crippen LogP contribution >= 0.6 is 0 Å². The summed E-state index contributed by atoms with van der Waals surface area (Å²) in [6.07, 6.45) is 5.66. The summed E-state index contributed by atoms with van der Waals surface area (Å²) in [5.41, 5.74) is 2.53. The van der Waals surface area contributed by atoms with Gasteiger partial charge in [0.2, 0.25) is 5.88 Å². The Hall–Kier alpha value is -2.15. The van der Waals surface area contributed by atoms with Crippen molar-refractivity contribution in [1.29, 1.82) is 0 Å². The first-order valence-corrected chi connectivity index (χ1v) is 5.76. The van der Waals surface area contributed by atoms with Gasteiger partial charge in [-0.15, -0.1) is 0 Å². The summed E-state index contributed by atoms with van der Waals surface area (Å²) in [5.74, 6) is 8.29. The Morgan fingerprint density at radius 3 is 2.89 bits per heavy atom. The number of hydrogen-bond donors (Lipinski definition) is 2. The monoisotopic (exact) mass is 246 g/mol. The van der Waals surface area contributed by atoms with Crippen LogP contribution in [0, 0.1) is 0 Å². The molecule has 2 aromatic rings. The second kappa shape index (κ2) is 4.26. The number of nitrogens with one attached hydrogen (secondary N) is 1. The molecule has 3 rings (SSSR count). The average molecular weight is 246 g/mol. The molecule has 0 bridgehead atoms. The fourth-order valence-corrected chi connectivity index (χ4v) is 1.67. The first-order valence-electron chi connectivity index (χ1n) is 5.76. The van der Waals surface area contributed by atoms with E-state index in [2.05, 4.69) is 20.5 Å². The van der Waals surface area contributed by atoms with E-state index < -0.39 is 0 Å². The van der Waals surface area contributed by atoms with Crippen LogP contribution in [0.3, 0.4) is 0 Å². The van der Waals surface area contributed by atoms with Crippen LogP contribution in [0.2, 0.25) is 0 Å². The predicted octanol–water partition coefficient (Wildman–Crippen LogP) is 1.17. The molecule has 0 aromatic carbocycles. The number of aryl methyl sites for hydroxylation is 1. The van der Waals surface area contributed by atoms with Crippen LogP contribution < -0.4 is 16.0 Å². The number of nitrogen functional groups attached to an aromatic ring is 1. The number of nitrogens with zero attached hydrogens (tertiary/aromatic N) is 4. The smallest absolute Gasteiger partial charge is 0.224 e. The highest BCUT2D eigenvalue weighted by Crippen LogP contribution is 2.39. The van der Waals surface area contributed by atoms with Gasteiger partial charge in [0.25, 0.3) is 0 Å². The molecular formula is C11H14N6O. The van der Waals surface area contributed by atoms with Crippen LogP contribution in [0.25, 0.3) is 0 Å². The number of aromatic nitrogens is 4. The van der Waals surface area contributed by atoms with Crippen molar-refractivity contribution in [3.8, 4) is 11.6 Å². The summed E-state index contributed by atoms with van der Waals surface area (Å²) in [7, 11) is 1.83. The van der Waals surface area contributed by atoms with Crippen molar-refractivity contribution in [3.63, 3.8) is 0 Å². The van der Waals surface area contributed by atoms with Gasteiger partial charge in [0.05, 0.1) is 12.4 Å². The van der Waals surface area contributed by atoms with E-state index >= 15 is 0 Å². The summed E-state index contributed by atoms with van der Waals surface area (Å²) < 4.78 is 7.30. The maximum atomic E-state index is 5.63. The van der Waals surface area contributed by atoms with Gasteiger partial charge in [0.15, 0.2) is 5.75 Å². The molecule has 1 aliphatic rings. The van der Waals surface area contributed by atoms with Crippen LogP contribution in [-0.4, -0.2) is 19.7 Å². The minimum absolute atomic E-state index is 0.439. The van der Waals surface area contributed by atoms with Crippen LogP contribution in [-0.2, 0) is 7.05 Å². The molecule has 0 amide bonds. The lowest BCUT2D eigenvalue weighted by atomic mass is 10.4. The van der Waals surface area contributed by atoms with Crippen molar-refractivity contribution >= 4 is 5.82 Å². The lowest BCUT2D eigenvalue weighted by Gasteiger charge is -2.06. The van der Waals surface area contributed by atoms with E-state index in [9.17, 15) is 0 Å². The van der Waals surface area contributed by atoms with Gasteiger partial charge in [0, 0.05) is 19.0 Å². The van der Waals surface area contributed by atoms with Crippen molar-refractivity contribution < 1.29 is 4.74 Å². The van der Waals surface area contributed by atoms with Crippen molar-refractivity contribution in [2.45, 2.75) is 18.8 Å². The van der Waals surface area contributed by atoms with Crippen LogP contribution in [0.5, 0.6) is 11.6 Å². The molecule has 7 nitrogen and oxygen atoms in total. The predicted molar refractivity (Wildman–Crippen MR) is 65.1 cm³/mol. The molecule has 94 valence electrons. The van der Waals surface area contributed by atoms with Crippen molar-refractivity contribution in [2.24, 2.45) is 12.9 Å². The molecule has 3 N–H and O–H groups in total. The SMILES string of the molecule is Cn1cc(Oc2cc(NN)nc(C3CC3)n2)cn1. The van der Waals surface area contributed by atoms with Gasteiger partial charge in [0.1, 0.15) is 11.6 Å². The molecule has 2 heterocycles. The quantitative estimate of drug-likeness (QED) is 0.621. The summed E-state index contributed by atoms with van der Waals surface area (Å²) in [4.78, 5) is 8.69. The molecule has 1 aliphatic carbocycles. The van der Waals surface area contributed by atoms with Crippen LogP contribution in [0.15, 0.2) is 18.5 Å². The molecule has 0 atom stereocenters. The summed E-state index contributed by atoms with van der Waals surface area (Å²) >= 11 is 0. The molecular weight excluding hydrogens is 232 g/mol. The molecule has 2 aromatic heterocycles. The fourth-order valence-electron chi connectivity index (χ4n) is 1.67. The number of hydrazine groups is 1. The van der Waals surface area contributed by atoms with Crippen molar-refractivity contribution in [3.05, 3.63) is 24.3 Å². The third kappa shape index (κ3) is 2.25. The van der Waals surface area contributed by atoms with Gasteiger partial charge in [-0.2, -0.15) is 10.1 Å². The van der Waals surface area contributed by atoms with E-state index in [0.717, 1.165) is 18.7 Å². The topological polar surface area (TPSA) is 90.9 Å². The minimum atomic E-state index is 0.439. The van der Waals surface area contributed by atoms with E-state index in [1.165, 1.54) is 0 Å². The zero-order chi connectivity index (χ0) is 12.5. The first-order chi connectivity index (χ1) is 8.74. The van der Waals surface area contributed by atoms with Gasteiger partial charge in [-0.3, -0.25) is 4.68 Å². The molecule has 1 saturated carbocycles. The Bertz CT molecular complexity index is 562. The van der Waals surface area contributed by atoms with E-state index in [0.29, 0.717) is 23.4 Å². The maximum Gasteiger partial charge on any atom is 0.224 e. The molecule has 0 unspecified atom stereocenters. The van der Waals surface area contributed by atoms with Gasteiger partial charge < -0.3 is 10.2 Å². The molecule has 0 radical (unpaired) electrons. The van der Waals surface area contributed by atoms with Crippen molar-refractivity contribution in [1.82, 2.24) is 19.7 Å². The van der Waals surface area contributed by atoms with E-state index in [4.69, 9.17) is 10.6 Å². The van der Waals surface area contributed by atoms with Gasteiger partial charge in [-0.1, -0.05) is 0 Å². The third-order valence-electron chi connectivity index (χ3n) is 2.71. The lowest BCUT2D eigenvalue weighted by Crippen LogP contribution is -2.10. The molecule has 0 spiro atoms. The zero-order valence-corrected chi connectivity index (χ0v) is 10.00. The molecule has 18 heavy (non-hydrogen) atoms. The highest BCUT2D eigenvalue weighted by molar-refractivity contribution is 5.39. The Labute approximate surface area is 104 Å². The number of hydrogen-bond acceptors (Lipinski definition) is 6. The number of ether oxygens (including phenoxy) is 1. The normalized spacial score (nSPS) is 14.6. The second-order valence-corrected chi connectivity index (χ2v) is 4.32. The summed E-state index contributed by atoms with van der Waals surface area (Å²) in [6.45, 7) is 0. The maximum absolute atomic E-state index is 5.63. The van der Waals surface area contributed by atoms with Crippen LogP contribution in [0.1, 0.15) is 24.6 Å². The Balaban J connectivity index is 1.88. The van der Waals surface area contributed by atoms with E-state index in [1.807, 2.05) is 7.05 Å². The van der Waals surface area contributed by atoms with Gasteiger partial charge >= 0.3 is 0 Å². The Kier molecular flexibility index (Phi) is 2.60. The minimum Gasteiger partial charge on any atom is -0.436 e. The Morgan fingerprint density at radius 1 is 1.44 bits per heavy atom. The highest BCUT2D eigenvalue weighted by atomic mass is 16.5. The van der Waals surface area contributed by atoms with E-state index in [-0.39, 0.29) is 0 Å². The summed E-state index contributed by atoms with van der Waals surface area (Å²) in [6, 6.07) is 1.67. The zero-order valence-electron chi connectivity index (χ0n) is 10.00. The van der Waals surface area contributed by atoms with E-state index in [1.54, 1.807) is 23.1 Å². The largest absolute Gasteiger partial charge is 0.436 e. The Morgan fingerprint density at radius 2 is 2.28 bits per heavy atom.